The van der Waals surface area contributed by atoms with Crippen LogP contribution in [0.1, 0.15) is 26.3 Å². The zero-order chi connectivity index (χ0) is 24.0. The summed E-state index contributed by atoms with van der Waals surface area (Å²) in [5, 5.41) is 4.05. The fourth-order valence-electron chi connectivity index (χ4n) is 3.77. The molecule has 9 nitrogen and oxygen atoms in total. The average molecular weight is 473 g/mol. The Morgan fingerprint density at radius 3 is 2.58 bits per heavy atom. The molecule has 0 amide bonds. The topological polar surface area (TPSA) is 129 Å². The lowest BCUT2D eigenvalue weighted by Gasteiger charge is -2.40. The third kappa shape index (κ3) is 3.75. The van der Waals surface area contributed by atoms with Crippen LogP contribution in [-0.2, 0) is 15.3 Å². The first kappa shape index (κ1) is 22.8. The van der Waals surface area contributed by atoms with Crippen molar-refractivity contribution in [2.75, 3.05) is 19.9 Å². The minimum absolute atomic E-state index is 0.0354. The molecule has 0 radical (unpaired) electrons. The lowest BCUT2D eigenvalue weighted by atomic mass is 9.91. The van der Waals surface area contributed by atoms with Crippen LogP contribution in [0.5, 0.6) is 5.88 Å². The Morgan fingerprint density at radius 1 is 1.18 bits per heavy atom. The van der Waals surface area contributed by atoms with E-state index in [0.717, 1.165) is 0 Å². The van der Waals surface area contributed by atoms with E-state index in [0.29, 0.717) is 28.6 Å². The van der Waals surface area contributed by atoms with Crippen molar-refractivity contribution in [3.8, 4) is 28.6 Å². The second-order valence-electron chi connectivity index (χ2n) is 8.46. The van der Waals surface area contributed by atoms with Crippen molar-refractivity contribution in [2.45, 2.75) is 31.1 Å². The molecule has 2 atom stereocenters. The molecule has 1 aliphatic heterocycles. The highest BCUT2D eigenvalue weighted by Crippen LogP contribution is 2.40. The van der Waals surface area contributed by atoms with Crippen molar-refractivity contribution in [3.05, 3.63) is 48.0 Å². The van der Waals surface area contributed by atoms with Crippen LogP contribution < -0.4 is 10.5 Å². The summed E-state index contributed by atoms with van der Waals surface area (Å²) in [7, 11) is 0.195. The number of ether oxygens (including phenoxy) is 1. The predicted molar refractivity (Wildman–Crippen MR) is 124 cm³/mol. The maximum Gasteiger partial charge on any atom is 0.232 e. The van der Waals surface area contributed by atoms with Crippen molar-refractivity contribution in [1.29, 1.82) is 0 Å². The highest BCUT2D eigenvalue weighted by atomic mass is 32.2. The molecule has 3 heterocycles. The molecule has 0 aliphatic carbocycles. The van der Waals surface area contributed by atoms with Crippen molar-refractivity contribution in [2.24, 2.45) is 15.1 Å². The third-order valence-electron chi connectivity index (χ3n) is 5.99. The third-order valence-corrected chi connectivity index (χ3v) is 9.34. The van der Waals surface area contributed by atoms with Crippen LogP contribution in [0.3, 0.4) is 0 Å². The Hall–Kier alpha value is -3.34. The first-order valence-corrected chi connectivity index (χ1v) is 11.8. The number of halogens is 1. The quantitative estimate of drug-likeness (QED) is 0.616. The number of hydrogen-bond acceptors (Lipinski definition) is 9. The number of methoxy groups -OCH3 is 1. The van der Waals surface area contributed by atoms with Crippen LogP contribution >= 0.6 is 0 Å². The maximum absolute atomic E-state index is 15.0. The minimum atomic E-state index is -2.80. The van der Waals surface area contributed by atoms with Crippen molar-refractivity contribution >= 4 is 15.6 Å². The first-order chi connectivity index (χ1) is 15.5. The van der Waals surface area contributed by atoms with Crippen LogP contribution in [-0.4, -0.2) is 49.8 Å². The molecule has 3 aromatic rings. The van der Waals surface area contributed by atoms with E-state index in [1.54, 1.807) is 39.0 Å². The van der Waals surface area contributed by atoms with Crippen molar-refractivity contribution in [1.82, 2.24) is 15.1 Å². The standard InChI is InChI=1S/C22H25FN6O3S/c1-21(2)20(24)28-22(3,12-33(21,30)25-4)14-8-13(6-7-15(14)23)18-9-16(29-32-18)17-10-27-19(31-5)11-26-17/h6-11H,12H2,1-5H3,(H2,24,28)/t22-,33?/m0/s1. The first-order valence-electron chi connectivity index (χ1n) is 10.1. The second kappa shape index (κ2) is 7.91. The molecular formula is C22H25FN6O3S. The van der Waals surface area contributed by atoms with Crippen molar-refractivity contribution in [3.63, 3.8) is 0 Å². The van der Waals surface area contributed by atoms with Gasteiger partial charge in [0.05, 0.1) is 35.0 Å². The molecular weight excluding hydrogens is 447 g/mol. The van der Waals surface area contributed by atoms with Gasteiger partial charge in [0.15, 0.2) is 5.76 Å². The number of hydrogen-bond donors (Lipinski definition) is 1. The minimum Gasteiger partial charge on any atom is -0.480 e. The molecule has 1 unspecified atom stereocenters. The molecule has 174 valence electrons. The molecule has 0 bridgehead atoms. The molecule has 4 rings (SSSR count). The Bertz CT molecular complexity index is 1360. The number of amidine groups is 1. The highest BCUT2D eigenvalue weighted by molar-refractivity contribution is 7.95. The fourth-order valence-corrected chi connectivity index (χ4v) is 6.07. The number of aromatic nitrogens is 3. The number of rotatable bonds is 4. The Balaban J connectivity index is 1.76. The van der Waals surface area contributed by atoms with Crippen LogP contribution in [0.25, 0.3) is 22.7 Å². The molecule has 1 aliphatic rings. The van der Waals surface area contributed by atoms with Crippen LogP contribution in [0.15, 0.2) is 50.5 Å². The van der Waals surface area contributed by atoms with Gasteiger partial charge >= 0.3 is 0 Å². The van der Waals surface area contributed by atoms with Gasteiger partial charge in [0, 0.05) is 24.2 Å². The smallest absolute Gasteiger partial charge is 0.232 e. The molecule has 0 fully saturated rings. The van der Waals surface area contributed by atoms with E-state index in [2.05, 4.69) is 24.5 Å². The van der Waals surface area contributed by atoms with Gasteiger partial charge in [-0.3, -0.25) is 4.99 Å². The molecule has 2 N–H and O–H groups in total. The summed E-state index contributed by atoms with van der Waals surface area (Å²) in [6, 6.07) is 6.20. The van der Waals surface area contributed by atoms with E-state index in [1.807, 2.05) is 0 Å². The summed E-state index contributed by atoms with van der Waals surface area (Å²) in [5.41, 5.74) is 6.82. The Labute approximate surface area is 191 Å². The van der Waals surface area contributed by atoms with Gasteiger partial charge < -0.3 is 15.0 Å². The SMILES string of the molecule is CN=S1(=O)C[C@@](C)(c2cc(-c3cc(-c4cnc(OC)cn4)no3)ccc2F)N=C(N)C1(C)C. The van der Waals surface area contributed by atoms with Gasteiger partial charge in [-0.2, -0.15) is 0 Å². The van der Waals surface area contributed by atoms with Gasteiger partial charge in [-0.05, 0) is 39.0 Å². The van der Waals surface area contributed by atoms with Gasteiger partial charge in [0.25, 0.3) is 0 Å². The van der Waals surface area contributed by atoms with E-state index in [-0.39, 0.29) is 17.2 Å². The summed E-state index contributed by atoms with van der Waals surface area (Å²) in [5.74, 6) is 0.507. The average Bonchev–Trinajstić information content (AvgIpc) is 3.28. The van der Waals surface area contributed by atoms with Crippen molar-refractivity contribution < 1.29 is 17.9 Å². The maximum atomic E-state index is 15.0. The highest BCUT2D eigenvalue weighted by Gasteiger charge is 2.47. The normalized spacial score (nSPS) is 24.2. The van der Waals surface area contributed by atoms with Gasteiger partial charge in [-0.15, -0.1) is 0 Å². The molecule has 33 heavy (non-hydrogen) atoms. The Kier molecular flexibility index (Phi) is 5.47. The van der Waals surface area contributed by atoms with E-state index >= 15 is 4.39 Å². The largest absolute Gasteiger partial charge is 0.480 e. The van der Waals surface area contributed by atoms with Gasteiger partial charge in [-0.1, -0.05) is 5.16 Å². The summed E-state index contributed by atoms with van der Waals surface area (Å²) < 4.78 is 42.4. The summed E-state index contributed by atoms with van der Waals surface area (Å²) in [6.45, 7) is 5.19. The van der Waals surface area contributed by atoms with E-state index in [1.165, 1.54) is 32.6 Å². The zero-order valence-electron chi connectivity index (χ0n) is 19.0. The van der Waals surface area contributed by atoms with E-state index < -0.39 is 25.8 Å². The lowest BCUT2D eigenvalue weighted by molar-refractivity contribution is 0.395. The number of nitrogens with zero attached hydrogens (tertiary/aromatic N) is 5. The lowest BCUT2D eigenvalue weighted by Crippen LogP contribution is -2.54. The molecule has 0 saturated carbocycles. The Morgan fingerprint density at radius 2 is 1.94 bits per heavy atom. The fraction of sp³-hybridized carbons (Fsp3) is 0.364. The number of aliphatic imine (C=N–C) groups is 1. The predicted octanol–water partition coefficient (Wildman–Crippen LogP) is 3.41. The molecule has 1 aromatic carbocycles. The summed E-state index contributed by atoms with van der Waals surface area (Å²) in [4.78, 5) is 12.9. The summed E-state index contributed by atoms with van der Waals surface area (Å²) >= 11 is 0. The number of nitrogens with two attached hydrogens (primary N) is 1. The van der Waals surface area contributed by atoms with Crippen LogP contribution in [0.2, 0.25) is 0 Å². The zero-order valence-corrected chi connectivity index (χ0v) is 19.8. The second-order valence-corrected chi connectivity index (χ2v) is 11.4. The van der Waals surface area contributed by atoms with Gasteiger partial charge in [0.1, 0.15) is 33.3 Å². The summed E-state index contributed by atoms with van der Waals surface area (Å²) in [6.07, 6.45) is 2.99. The molecule has 0 spiro atoms. The van der Waals surface area contributed by atoms with Gasteiger partial charge in [-0.25, -0.2) is 22.9 Å². The van der Waals surface area contributed by atoms with Crippen LogP contribution in [0.4, 0.5) is 4.39 Å². The van der Waals surface area contributed by atoms with E-state index in [4.69, 9.17) is 15.0 Å². The van der Waals surface area contributed by atoms with E-state index in [9.17, 15) is 4.21 Å². The monoisotopic (exact) mass is 472 g/mol. The number of benzene rings is 1. The van der Waals surface area contributed by atoms with Gasteiger partial charge in [0.2, 0.25) is 5.88 Å². The molecule has 11 heteroatoms. The molecule has 2 aromatic heterocycles. The van der Waals surface area contributed by atoms with Crippen LogP contribution in [0, 0.1) is 5.82 Å². The molecule has 0 saturated heterocycles.